The number of amides is 2. The number of carbonyl (C=O) groups excluding carboxylic acids is 2. The lowest BCUT2D eigenvalue weighted by Gasteiger charge is -2.32. The lowest BCUT2D eigenvalue weighted by molar-refractivity contribution is -0.139. The zero-order valence-corrected chi connectivity index (χ0v) is 23.0. The number of nitrogens with one attached hydrogen (secondary N) is 1. The van der Waals surface area contributed by atoms with E-state index >= 15 is 0 Å². The Kier molecular flexibility index (Phi) is 9.34. The summed E-state index contributed by atoms with van der Waals surface area (Å²) in [5.74, 6) is -0.838. The Morgan fingerprint density at radius 3 is 2.24 bits per heavy atom. The van der Waals surface area contributed by atoms with Gasteiger partial charge in [-0.3, -0.25) is 13.9 Å². The largest absolute Gasteiger partial charge is 0.355 e. The average Bonchev–Trinajstić information content (AvgIpc) is 2.85. The summed E-state index contributed by atoms with van der Waals surface area (Å²) in [5.41, 5.74) is 3.00. The molecule has 0 aliphatic heterocycles. The quantitative estimate of drug-likeness (QED) is 0.403. The maximum Gasteiger partial charge on any atom is 0.264 e. The molecule has 0 aliphatic carbocycles. The van der Waals surface area contributed by atoms with Crippen molar-refractivity contribution in [2.24, 2.45) is 0 Å². The number of hydrogen-bond donors (Lipinski definition) is 1. The molecule has 3 aromatic rings. The van der Waals surface area contributed by atoms with Gasteiger partial charge in [-0.15, -0.1) is 0 Å². The van der Waals surface area contributed by atoms with Gasteiger partial charge in [-0.1, -0.05) is 65.2 Å². The number of carbonyl (C=O) groups is 2. The molecule has 3 rings (SSSR count). The predicted molar refractivity (Wildman–Crippen MR) is 147 cm³/mol. The minimum Gasteiger partial charge on any atom is -0.355 e. The Morgan fingerprint density at radius 2 is 1.62 bits per heavy atom. The van der Waals surface area contributed by atoms with E-state index in [9.17, 15) is 18.0 Å². The predicted octanol–water partition coefficient (Wildman–Crippen LogP) is 4.71. The fourth-order valence-electron chi connectivity index (χ4n) is 3.91. The Labute approximate surface area is 224 Å². The third-order valence-electron chi connectivity index (χ3n) is 5.94. The van der Waals surface area contributed by atoms with Crippen molar-refractivity contribution in [2.45, 2.75) is 45.2 Å². The molecule has 37 heavy (non-hydrogen) atoms. The summed E-state index contributed by atoms with van der Waals surface area (Å²) in [6.45, 7) is 7.28. The Balaban J connectivity index is 2.03. The highest BCUT2D eigenvalue weighted by Crippen LogP contribution is 2.27. The molecule has 2 amide bonds. The van der Waals surface area contributed by atoms with Crippen LogP contribution in [0.25, 0.3) is 0 Å². The molecule has 9 heteroatoms. The minimum absolute atomic E-state index is 0.0490. The Hall–Kier alpha value is -3.36. The second kappa shape index (κ2) is 12.3. The molecule has 1 N–H and O–H groups in total. The van der Waals surface area contributed by atoms with Crippen LogP contribution in [0.2, 0.25) is 5.02 Å². The van der Waals surface area contributed by atoms with Crippen LogP contribution in [0.5, 0.6) is 0 Å². The molecule has 0 radical (unpaired) electrons. The molecule has 0 aromatic heterocycles. The van der Waals surface area contributed by atoms with Crippen LogP contribution in [0.1, 0.15) is 30.5 Å². The van der Waals surface area contributed by atoms with E-state index in [1.165, 1.54) is 23.1 Å². The van der Waals surface area contributed by atoms with Gasteiger partial charge in [0, 0.05) is 18.1 Å². The lowest BCUT2D eigenvalue weighted by atomic mass is 10.1. The fraction of sp³-hybridized carbons (Fsp3) is 0.286. The number of rotatable bonds is 10. The number of halogens is 1. The van der Waals surface area contributed by atoms with E-state index < -0.39 is 28.5 Å². The van der Waals surface area contributed by atoms with Gasteiger partial charge in [0.15, 0.2) is 0 Å². The first kappa shape index (κ1) is 28.2. The van der Waals surface area contributed by atoms with Crippen LogP contribution in [0.15, 0.2) is 77.7 Å². The first-order valence-corrected chi connectivity index (χ1v) is 13.8. The normalized spacial score (nSPS) is 12.0. The van der Waals surface area contributed by atoms with Gasteiger partial charge in [0.25, 0.3) is 10.0 Å². The smallest absolute Gasteiger partial charge is 0.264 e. The van der Waals surface area contributed by atoms with Crippen molar-refractivity contribution in [1.82, 2.24) is 10.2 Å². The molecule has 0 unspecified atom stereocenters. The third-order valence-corrected chi connectivity index (χ3v) is 7.96. The number of aryl methyl sites for hydroxylation is 2. The van der Waals surface area contributed by atoms with Crippen LogP contribution in [0.3, 0.4) is 0 Å². The SMILES string of the molecule is CCNC(=O)[C@H](C)N(Cc1cccc(C)c1)C(=O)CN(c1cccc(Cl)c1)S(=O)(=O)c1ccc(C)cc1. The second-order valence-corrected chi connectivity index (χ2v) is 11.2. The van der Waals surface area contributed by atoms with Gasteiger partial charge in [-0.05, 0) is 63.6 Å². The van der Waals surface area contributed by atoms with Crippen molar-refractivity contribution in [2.75, 3.05) is 17.4 Å². The van der Waals surface area contributed by atoms with Gasteiger partial charge in [0.1, 0.15) is 12.6 Å². The van der Waals surface area contributed by atoms with Crippen LogP contribution in [0.4, 0.5) is 5.69 Å². The summed E-state index contributed by atoms with van der Waals surface area (Å²) < 4.78 is 28.6. The zero-order chi connectivity index (χ0) is 27.2. The molecule has 7 nitrogen and oxygen atoms in total. The van der Waals surface area contributed by atoms with Crippen LogP contribution in [-0.4, -0.2) is 44.3 Å². The fourth-order valence-corrected chi connectivity index (χ4v) is 5.50. The van der Waals surface area contributed by atoms with Crippen LogP contribution in [0, 0.1) is 13.8 Å². The molecule has 0 saturated heterocycles. The monoisotopic (exact) mass is 541 g/mol. The topological polar surface area (TPSA) is 86.8 Å². The molecule has 0 saturated carbocycles. The molecule has 0 heterocycles. The standard InChI is InChI=1S/C28H32ClN3O4S/c1-5-30-28(34)22(4)31(18-23-9-6-8-21(3)16-23)27(33)19-32(25-11-7-10-24(29)17-25)37(35,36)26-14-12-20(2)13-15-26/h6-17,22H,5,18-19H2,1-4H3,(H,30,34)/t22-/m0/s1. The molecule has 0 bridgehead atoms. The van der Waals surface area contributed by atoms with E-state index in [1.54, 1.807) is 44.2 Å². The first-order chi connectivity index (χ1) is 17.5. The number of likely N-dealkylation sites (N-methyl/N-ethyl adjacent to an activating group) is 1. The number of sulfonamides is 1. The molecule has 0 fully saturated rings. The van der Waals surface area contributed by atoms with Gasteiger partial charge < -0.3 is 10.2 Å². The van der Waals surface area contributed by atoms with E-state index in [2.05, 4.69) is 5.32 Å². The van der Waals surface area contributed by atoms with Crippen LogP contribution < -0.4 is 9.62 Å². The van der Waals surface area contributed by atoms with Crippen LogP contribution in [-0.2, 0) is 26.2 Å². The first-order valence-electron chi connectivity index (χ1n) is 12.0. The van der Waals surface area contributed by atoms with Crippen molar-refractivity contribution >= 4 is 39.1 Å². The number of benzene rings is 3. The van der Waals surface area contributed by atoms with Gasteiger partial charge >= 0.3 is 0 Å². The lowest BCUT2D eigenvalue weighted by Crippen LogP contribution is -2.51. The summed E-state index contributed by atoms with van der Waals surface area (Å²) in [6, 6.07) is 19.6. The van der Waals surface area contributed by atoms with E-state index in [-0.39, 0.29) is 23.0 Å². The van der Waals surface area contributed by atoms with E-state index in [4.69, 9.17) is 11.6 Å². The van der Waals surface area contributed by atoms with Crippen molar-refractivity contribution in [3.05, 3.63) is 94.5 Å². The summed E-state index contributed by atoms with van der Waals surface area (Å²) >= 11 is 6.18. The molecule has 0 aliphatic rings. The number of anilines is 1. The molecular weight excluding hydrogens is 510 g/mol. The summed E-state index contributed by atoms with van der Waals surface area (Å²) in [6.07, 6.45) is 0. The van der Waals surface area contributed by atoms with Gasteiger partial charge in [-0.2, -0.15) is 0 Å². The Morgan fingerprint density at radius 1 is 0.946 bits per heavy atom. The highest BCUT2D eigenvalue weighted by atomic mass is 35.5. The van der Waals surface area contributed by atoms with Crippen molar-refractivity contribution in [3.63, 3.8) is 0 Å². The maximum atomic E-state index is 13.8. The minimum atomic E-state index is -4.13. The van der Waals surface area contributed by atoms with Crippen molar-refractivity contribution < 1.29 is 18.0 Å². The van der Waals surface area contributed by atoms with Crippen molar-refractivity contribution in [1.29, 1.82) is 0 Å². The molecular formula is C28H32ClN3O4S. The number of nitrogens with zero attached hydrogens (tertiary/aromatic N) is 2. The molecule has 1 atom stereocenters. The molecule has 196 valence electrons. The van der Waals surface area contributed by atoms with Gasteiger partial charge in [0.05, 0.1) is 10.6 Å². The van der Waals surface area contributed by atoms with Crippen molar-refractivity contribution in [3.8, 4) is 0 Å². The molecule has 0 spiro atoms. The maximum absolute atomic E-state index is 13.8. The summed E-state index contributed by atoms with van der Waals surface area (Å²) in [7, 11) is -4.13. The third kappa shape index (κ3) is 7.11. The second-order valence-electron chi connectivity index (χ2n) is 8.89. The Bertz CT molecular complexity index is 1360. The molecule has 3 aromatic carbocycles. The number of hydrogen-bond acceptors (Lipinski definition) is 4. The van der Waals surface area contributed by atoms with Gasteiger partial charge in [0.2, 0.25) is 11.8 Å². The highest BCUT2D eigenvalue weighted by molar-refractivity contribution is 7.92. The highest BCUT2D eigenvalue weighted by Gasteiger charge is 2.32. The van der Waals surface area contributed by atoms with E-state index in [0.29, 0.717) is 11.6 Å². The van der Waals surface area contributed by atoms with E-state index in [1.807, 2.05) is 38.1 Å². The average molecular weight is 542 g/mol. The zero-order valence-electron chi connectivity index (χ0n) is 21.4. The van der Waals surface area contributed by atoms with E-state index in [0.717, 1.165) is 21.0 Å². The van der Waals surface area contributed by atoms with Gasteiger partial charge in [-0.25, -0.2) is 8.42 Å². The van der Waals surface area contributed by atoms with Crippen LogP contribution >= 0.6 is 11.6 Å². The summed E-state index contributed by atoms with van der Waals surface area (Å²) in [4.78, 5) is 28.0. The summed E-state index contributed by atoms with van der Waals surface area (Å²) in [5, 5.41) is 3.08.